The first-order valence-electron chi connectivity index (χ1n) is 14.8. The Bertz CT molecular complexity index is 1120. The Morgan fingerprint density at radius 3 is 2.49 bits per heavy atom. The van der Waals surface area contributed by atoms with Crippen LogP contribution in [0.2, 0.25) is 0 Å². The molecule has 0 radical (unpaired) electrons. The van der Waals surface area contributed by atoms with E-state index in [2.05, 4.69) is 13.5 Å². The maximum Gasteiger partial charge on any atom is 0.166 e. The van der Waals surface area contributed by atoms with E-state index < -0.39 is 11.6 Å². The molecule has 0 aromatic heterocycles. The van der Waals surface area contributed by atoms with E-state index in [4.69, 9.17) is 9.47 Å². The Labute approximate surface area is 232 Å². The van der Waals surface area contributed by atoms with Crippen LogP contribution < -0.4 is 4.74 Å². The minimum absolute atomic E-state index is 0.180. The summed E-state index contributed by atoms with van der Waals surface area (Å²) in [6, 6.07) is 8.69. The van der Waals surface area contributed by atoms with E-state index in [9.17, 15) is 4.39 Å². The van der Waals surface area contributed by atoms with Crippen molar-refractivity contribution in [3.63, 3.8) is 0 Å². The lowest BCUT2D eigenvalue weighted by Crippen LogP contribution is -2.17. The molecule has 2 nitrogen and oxygen atoms in total. The standard InChI is InChI=1S/C34H43F3O2/c1-3-5-21-38-28-16-13-26(14-17-28)31-19-15-27(33(36)34(31)37)12-9-24-7-10-25(11-8-24)30-20-18-29(23-32(30)35)39-22-6-4-2/h4,13,15,18-20,23-25,28H,2-3,5-12,14,16-17,21-22H2,1H3. The zero-order chi connectivity index (χ0) is 27.6. The molecule has 1 atom stereocenters. The molecule has 0 amide bonds. The molecule has 0 aliphatic heterocycles. The van der Waals surface area contributed by atoms with Gasteiger partial charge in [0.1, 0.15) is 11.6 Å². The molecule has 0 heterocycles. The first-order chi connectivity index (χ1) is 19.0. The molecule has 0 saturated heterocycles. The van der Waals surface area contributed by atoms with Crippen molar-refractivity contribution in [1.82, 2.24) is 0 Å². The first kappa shape index (κ1) is 29.5. The molecule has 39 heavy (non-hydrogen) atoms. The predicted molar refractivity (Wildman–Crippen MR) is 153 cm³/mol. The van der Waals surface area contributed by atoms with Gasteiger partial charge in [0.25, 0.3) is 0 Å². The molecular formula is C34H43F3O2. The van der Waals surface area contributed by atoms with Crippen LogP contribution in [-0.2, 0) is 11.2 Å². The lowest BCUT2D eigenvalue weighted by Gasteiger charge is -2.29. The molecule has 2 aromatic rings. The van der Waals surface area contributed by atoms with Crippen molar-refractivity contribution in [2.45, 2.75) is 96.0 Å². The van der Waals surface area contributed by atoms with Crippen molar-refractivity contribution in [2.75, 3.05) is 13.2 Å². The maximum atomic E-state index is 15.1. The van der Waals surface area contributed by atoms with Crippen molar-refractivity contribution in [3.05, 3.63) is 83.2 Å². The molecule has 1 saturated carbocycles. The van der Waals surface area contributed by atoms with Gasteiger partial charge in [-0.3, -0.25) is 0 Å². The number of benzene rings is 2. The Morgan fingerprint density at radius 1 is 0.974 bits per heavy atom. The fourth-order valence-corrected chi connectivity index (χ4v) is 5.94. The van der Waals surface area contributed by atoms with Crippen molar-refractivity contribution < 1.29 is 22.6 Å². The van der Waals surface area contributed by atoms with Gasteiger partial charge in [-0.15, -0.1) is 6.58 Å². The summed E-state index contributed by atoms with van der Waals surface area (Å²) >= 11 is 0. The lowest BCUT2D eigenvalue weighted by atomic mass is 9.76. The van der Waals surface area contributed by atoms with Gasteiger partial charge in [0.15, 0.2) is 11.6 Å². The van der Waals surface area contributed by atoms with E-state index in [0.717, 1.165) is 82.0 Å². The van der Waals surface area contributed by atoms with Crippen molar-refractivity contribution >= 4 is 5.57 Å². The van der Waals surface area contributed by atoms with Crippen molar-refractivity contribution in [3.8, 4) is 5.75 Å². The molecule has 2 aromatic carbocycles. The summed E-state index contributed by atoms with van der Waals surface area (Å²) in [5.74, 6) is -0.454. The van der Waals surface area contributed by atoms with Gasteiger partial charge in [-0.1, -0.05) is 43.7 Å². The third-order valence-electron chi connectivity index (χ3n) is 8.39. The summed E-state index contributed by atoms with van der Waals surface area (Å²) < 4.78 is 56.3. The highest BCUT2D eigenvalue weighted by Crippen LogP contribution is 2.39. The number of halogens is 3. The van der Waals surface area contributed by atoms with Gasteiger partial charge in [0.05, 0.1) is 12.7 Å². The molecule has 0 spiro atoms. The van der Waals surface area contributed by atoms with Crippen LogP contribution in [0.15, 0.2) is 49.1 Å². The fourth-order valence-electron chi connectivity index (χ4n) is 5.94. The third kappa shape index (κ3) is 8.00. The van der Waals surface area contributed by atoms with E-state index >= 15 is 8.78 Å². The molecule has 212 valence electrons. The number of ether oxygens (including phenoxy) is 2. The fraction of sp³-hybridized carbons (Fsp3) is 0.529. The van der Waals surface area contributed by atoms with Crippen molar-refractivity contribution in [1.29, 1.82) is 0 Å². The topological polar surface area (TPSA) is 18.5 Å². The van der Waals surface area contributed by atoms with Crippen LogP contribution in [0.3, 0.4) is 0 Å². The quantitative estimate of drug-likeness (QED) is 0.186. The van der Waals surface area contributed by atoms with Gasteiger partial charge in [0, 0.05) is 18.2 Å². The number of aryl methyl sites for hydroxylation is 1. The summed E-state index contributed by atoms with van der Waals surface area (Å²) in [5.41, 5.74) is 2.48. The van der Waals surface area contributed by atoms with E-state index in [1.54, 1.807) is 18.2 Å². The monoisotopic (exact) mass is 540 g/mol. The van der Waals surface area contributed by atoms with E-state index in [0.29, 0.717) is 42.2 Å². The Morgan fingerprint density at radius 2 is 1.79 bits per heavy atom. The SMILES string of the molecule is C=CCCOc1ccc(C2CCC(CCc3ccc(C4=CCC(OCCCC)CC4)c(F)c3F)CC2)c(F)c1. The average molecular weight is 541 g/mol. The summed E-state index contributed by atoms with van der Waals surface area (Å²) in [5, 5.41) is 0. The summed E-state index contributed by atoms with van der Waals surface area (Å²) in [6.07, 6.45) is 14.3. The number of hydrogen-bond acceptors (Lipinski definition) is 2. The van der Waals surface area contributed by atoms with Crippen LogP contribution in [0.1, 0.15) is 100 Å². The van der Waals surface area contributed by atoms with E-state index in [1.165, 1.54) is 6.07 Å². The van der Waals surface area contributed by atoms with Gasteiger partial charge in [0.2, 0.25) is 0 Å². The Hall–Kier alpha value is -2.53. The highest BCUT2D eigenvalue weighted by Gasteiger charge is 2.26. The Kier molecular flexibility index (Phi) is 11.1. The zero-order valence-corrected chi connectivity index (χ0v) is 23.3. The maximum absolute atomic E-state index is 15.1. The normalized spacial score (nSPS) is 21.4. The number of unbranched alkanes of at least 4 members (excludes halogenated alkanes) is 1. The molecule has 0 bridgehead atoms. The molecule has 1 unspecified atom stereocenters. The molecule has 0 N–H and O–H groups in total. The molecule has 2 aliphatic carbocycles. The van der Waals surface area contributed by atoms with Gasteiger partial charge >= 0.3 is 0 Å². The van der Waals surface area contributed by atoms with E-state index in [-0.39, 0.29) is 17.8 Å². The van der Waals surface area contributed by atoms with Gasteiger partial charge in [-0.2, -0.15) is 0 Å². The minimum Gasteiger partial charge on any atom is -0.493 e. The second-order valence-corrected chi connectivity index (χ2v) is 11.1. The lowest BCUT2D eigenvalue weighted by molar-refractivity contribution is 0.0466. The number of rotatable bonds is 13. The third-order valence-corrected chi connectivity index (χ3v) is 8.39. The van der Waals surface area contributed by atoms with Gasteiger partial charge in [-0.05, 0) is 105 Å². The summed E-state index contributed by atoms with van der Waals surface area (Å²) in [6.45, 7) is 7.06. The Balaban J connectivity index is 1.26. The average Bonchev–Trinajstić information content (AvgIpc) is 2.95. The molecule has 5 heteroatoms. The van der Waals surface area contributed by atoms with E-state index in [1.807, 2.05) is 18.2 Å². The van der Waals surface area contributed by atoms with Gasteiger partial charge < -0.3 is 9.47 Å². The van der Waals surface area contributed by atoms with Crippen LogP contribution in [-0.4, -0.2) is 19.3 Å². The van der Waals surface area contributed by atoms with Crippen molar-refractivity contribution in [2.24, 2.45) is 5.92 Å². The van der Waals surface area contributed by atoms with Crippen LogP contribution in [0.4, 0.5) is 13.2 Å². The largest absolute Gasteiger partial charge is 0.493 e. The predicted octanol–water partition coefficient (Wildman–Crippen LogP) is 9.72. The highest BCUT2D eigenvalue weighted by molar-refractivity contribution is 5.67. The second-order valence-electron chi connectivity index (χ2n) is 11.1. The van der Waals surface area contributed by atoms with Crippen LogP contribution >= 0.6 is 0 Å². The summed E-state index contributed by atoms with van der Waals surface area (Å²) in [4.78, 5) is 0. The second kappa shape index (κ2) is 14.7. The number of allylic oxidation sites excluding steroid dienone is 1. The van der Waals surface area contributed by atoms with Crippen LogP contribution in [0, 0.1) is 23.4 Å². The zero-order valence-electron chi connectivity index (χ0n) is 23.3. The first-order valence-corrected chi connectivity index (χ1v) is 14.8. The summed E-state index contributed by atoms with van der Waals surface area (Å²) in [7, 11) is 0. The van der Waals surface area contributed by atoms with Gasteiger partial charge in [-0.25, -0.2) is 13.2 Å². The molecular weight excluding hydrogens is 497 g/mol. The molecule has 1 fully saturated rings. The minimum atomic E-state index is -0.722. The number of hydrogen-bond donors (Lipinski definition) is 0. The molecule has 4 rings (SSSR count). The highest BCUT2D eigenvalue weighted by atomic mass is 19.2. The molecule has 2 aliphatic rings. The van der Waals surface area contributed by atoms with Crippen LogP contribution in [0.5, 0.6) is 5.75 Å². The van der Waals surface area contributed by atoms with Crippen LogP contribution in [0.25, 0.3) is 5.57 Å². The smallest absolute Gasteiger partial charge is 0.166 e.